The molecule has 1 unspecified atom stereocenters. The van der Waals surface area contributed by atoms with Crippen LogP contribution in [0.25, 0.3) is 0 Å². The fraction of sp³-hybridized carbons (Fsp3) is 0.241. The van der Waals surface area contributed by atoms with Gasteiger partial charge in [-0.2, -0.15) is 0 Å². The molecule has 8 nitrogen and oxygen atoms in total. The molecule has 0 spiro atoms. The van der Waals surface area contributed by atoms with E-state index >= 15 is 0 Å². The van der Waals surface area contributed by atoms with E-state index in [1.54, 1.807) is 25.1 Å². The molecule has 2 amide bonds. The third-order valence-electron chi connectivity index (χ3n) is 6.45. The van der Waals surface area contributed by atoms with E-state index in [1.165, 1.54) is 0 Å². The number of hydrogen-bond acceptors (Lipinski definition) is 6. The van der Waals surface area contributed by atoms with Crippen molar-refractivity contribution in [2.75, 3.05) is 31.6 Å². The fourth-order valence-corrected chi connectivity index (χ4v) is 4.68. The highest BCUT2D eigenvalue weighted by Crippen LogP contribution is 2.37. The van der Waals surface area contributed by atoms with Crippen molar-refractivity contribution < 1.29 is 19.1 Å². The Bertz CT molecular complexity index is 1350. The van der Waals surface area contributed by atoms with Crippen LogP contribution in [0.5, 0.6) is 0 Å². The molecule has 5 rings (SSSR count). The number of ether oxygens (including phenoxy) is 1. The monoisotopic (exact) mass is 496 g/mol. The third-order valence-corrected chi connectivity index (χ3v) is 6.45. The predicted molar refractivity (Wildman–Crippen MR) is 141 cm³/mol. The molecular weight excluding hydrogens is 468 g/mol. The molecule has 2 heterocycles. The largest absolute Gasteiger partial charge is 0.462 e. The van der Waals surface area contributed by atoms with Gasteiger partial charge in [0.1, 0.15) is 5.92 Å². The van der Waals surface area contributed by atoms with Crippen LogP contribution >= 0.6 is 0 Å². The van der Waals surface area contributed by atoms with Gasteiger partial charge in [-0.05, 0) is 47.9 Å². The molecule has 0 aromatic heterocycles. The maximum Gasteiger partial charge on any atom is 0.338 e. The average Bonchev–Trinajstić information content (AvgIpc) is 3.23. The van der Waals surface area contributed by atoms with Crippen molar-refractivity contribution in [3.8, 4) is 0 Å². The SMILES string of the molecule is CCOC(=O)c1ccc2c(c1)NC(=O)C2C(=Nc1ccc(CN2CCNC(=O)C2)cc1)c1ccccc1. The lowest BCUT2D eigenvalue weighted by Crippen LogP contribution is -2.47. The van der Waals surface area contributed by atoms with Crippen LogP contribution in [0.15, 0.2) is 77.8 Å². The summed E-state index contributed by atoms with van der Waals surface area (Å²) in [6.45, 7) is 4.59. The van der Waals surface area contributed by atoms with Crippen LogP contribution in [-0.2, 0) is 20.9 Å². The number of anilines is 1. The minimum Gasteiger partial charge on any atom is -0.462 e. The van der Waals surface area contributed by atoms with Crippen molar-refractivity contribution >= 4 is 34.9 Å². The number of carbonyl (C=O) groups is 3. The van der Waals surface area contributed by atoms with Crippen LogP contribution in [0.4, 0.5) is 11.4 Å². The van der Waals surface area contributed by atoms with Gasteiger partial charge in [-0.15, -0.1) is 0 Å². The highest BCUT2D eigenvalue weighted by Gasteiger charge is 2.36. The zero-order chi connectivity index (χ0) is 25.8. The first-order valence-corrected chi connectivity index (χ1v) is 12.4. The van der Waals surface area contributed by atoms with Crippen LogP contribution in [-0.4, -0.2) is 54.6 Å². The van der Waals surface area contributed by atoms with E-state index in [9.17, 15) is 14.4 Å². The van der Waals surface area contributed by atoms with Crippen molar-refractivity contribution in [3.63, 3.8) is 0 Å². The maximum atomic E-state index is 13.2. The van der Waals surface area contributed by atoms with Crippen molar-refractivity contribution in [1.29, 1.82) is 0 Å². The summed E-state index contributed by atoms with van der Waals surface area (Å²) < 4.78 is 5.10. The number of rotatable bonds is 7. The summed E-state index contributed by atoms with van der Waals surface area (Å²) in [6.07, 6.45) is 0. The predicted octanol–water partition coefficient (Wildman–Crippen LogP) is 3.65. The van der Waals surface area contributed by atoms with Gasteiger partial charge >= 0.3 is 5.97 Å². The first kappa shape index (κ1) is 24.4. The van der Waals surface area contributed by atoms with E-state index in [2.05, 4.69) is 15.5 Å². The Morgan fingerprint density at radius 3 is 2.54 bits per heavy atom. The quantitative estimate of drug-likeness (QED) is 0.384. The number of nitrogens with one attached hydrogen (secondary N) is 2. The van der Waals surface area contributed by atoms with Crippen molar-refractivity contribution in [3.05, 3.63) is 95.1 Å². The van der Waals surface area contributed by atoms with Crippen LogP contribution in [0.3, 0.4) is 0 Å². The molecule has 1 atom stereocenters. The van der Waals surface area contributed by atoms with Gasteiger partial charge in [-0.1, -0.05) is 48.5 Å². The molecule has 2 aliphatic rings. The normalized spacial score (nSPS) is 17.6. The zero-order valence-corrected chi connectivity index (χ0v) is 20.6. The highest BCUT2D eigenvalue weighted by molar-refractivity contribution is 6.24. The molecule has 188 valence electrons. The van der Waals surface area contributed by atoms with Crippen LogP contribution < -0.4 is 10.6 Å². The highest BCUT2D eigenvalue weighted by atomic mass is 16.5. The molecule has 0 bridgehead atoms. The summed E-state index contributed by atoms with van der Waals surface area (Å²) in [5.41, 5.74) is 5.02. The minimum absolute atomic E-state index is 0.0458. The number of carbonyl (C=O) groups excluding carboxylic acids is 3. The number of amides is 2. The van der Waals surface area contributed by atoms with Gasteiger partial charge in [0, 0.05) is 25.3 Å². The molecule has 1 fully saturated rings. The van der Waals surface area contributed by atoms with Gasteiger partial charge in [0.05, 0.1) is 30.1 Å². The van der Waals surface area contributed by atoms with Gasteiger partial charge in [0.25, 0.3) is 0 Å². The Balaban J connectivity index is 1.45. The van der Waals surface area contributed by atoms with E-state index in [-0.39, 0.29) is 18.4 Å². The summed E-state index contributed by atoms with van der Waals surface area (Å²) in [5.74, 6) is -1.20. The second-order valence-electron chi connectivity index (χ2n) is 9.03. The molecule has 8 heteroatoms. The summed E-state index contributed by atoms with van der Waals surface area (Å²) in [6, 6.07) is 22.6. The third kappa shape index (κ3) is 5.44. The average molecular weight is 497 g/mol. The number of benzene rings is 3. The van der Waals surface area contributed by atoms with Gasteiger partial charge < -0.3 is 15.4 Å². The standard InChI is InChI=1S/C29H28N4O4/c1-2-37-29(36)21-10-13-23-24(16-21)32-28(35)26(23)27(20-6-4-3-5-7-20)31-22-11-8-19(9-12-22)17-33-15-14-30-25(34)18-33/h3-13,16,26H,2,14-15,17-18H2,1H3,(H,30,34)(H,32,35). The summed E-state index contributed by atoms with van der Waals surface area (Å²) in [4.78, 5) is 44.1. The molecule has 37 heavy (non-hydrogen) atoms. The number of nitrogens with zero attached hydrogens (tertiary/aromatic N) is 2. The van der Waals surface area contributed by atoms with Gasteiger partial charge in [-0.25, -0.2) is 4.79 Å². The second kappa shape index (κ2) is 10.8. The van der Waals surface area contributed by atoms with Gasteiger partial charge in [0.15, 0.2) is 0 Å². The fourth-order valence-electron chi connectivity index (χ4n) is 4.68. The van der Waals surface area contributed by atoms with Crippen LogP contribution in [0.2, 0.25) is 0 Å². The Hall–Kier alpha value is -4.30. The number of aliphatic imine (C=N–C) groups is 1. The smallest absolute Gasteiger partial charge is 0.338 e. The maximum absolute atomic E-state index is 13.2. The van der Waals surface area contributed by atoms with Crippen LogP contribution in [0, 0.1) is 0 Å². The number of hydrogen-bond donors (Lipinski definition) is 2. The van der Waals surface area contributed by atoms with E-state index in [1.807, 2.05) is 54.6 Å². The minimum atomic E-state index is -0.625. The van der Waals surface area contributed by atoms with Crippen molar-refractivity contribution in [2.45, 2.75) is 19.4 Å². The summed E-state index contributed by atoms with van der Waals surface area (Å²) in [7, 11) is 0. The molecule has 3 aromatic carbocycles. The molecular formula is C29H28N4O4. The lowest BCUT2D eigenvalue weighted by molar-refractivity contribution is -0.124. The van der Waals surface area contributed by atoms with Crippen molar-refractivity contribution in [1.82, 2.24) is 10.2 Å². The Morgan fingerprint density at radius 2 is 1.81 bits per heavy atom. The van der Waals surface area contributed by atoms with Crippen molar-refractivity contribution in [2.24, 2.45) is 4.99 Å². The van der Waals surface area contributed by atoms with Crippen LogP contribution in [0.1, 0.15) is 39.9 Å². The molecule has 2 N–H and O–H groups in total. The van der Waals surface area contributed by atoms with E-state index in [4.69, 9.17) is 9.73 Å². The van der Waals surface area contributed by atoms with E-state index < -0.39 is 11.9 Å². The number of piperazine rings is 1. The van der Waals surface area contributed by atoms with Gasteiger partial charge in [-0.3, -0.25) is 19.5 Å². The lowest BCUT2D eigenvalue weighted by atomic mass is 9.90. The summed E-state index contributed by atoms with van der Waals surface area (Å²) >= 11 is 0. The first-order chi connectivity index (χ1) is 18.0. The van der Waals surface area contributed by atoms with Gasteiger partial charge in [0.2, 0.25) is 11.8 Å². The Kier molecular flexibility index (Phi) is 7.09. The number of esters is 1. The topological polar surface area (TPSA) is 100 Å². The summed E-state index contributed by atoms with van der Waals surface area (Å²) in [5, 5.41) is 5.75. The Morgan fingerprint density at radius 1 is 1.03 bits per heavy atom. The molecule has 0 radical (unpaired) electrons. The second-order valence-corrected chi connectivity index (χ2v) is 9.03. The zero-order valence-electron chi connectivity index (χ0n) is 20.6. The molecule has 0 aliphatic carbocycles. The molecule has 0 saturated carbocycles. The lowest BCUT2D eigenvalue weighted by Gasteiger charge is -2.26. The molecule has 3 aromatic rings. The first-order valence-electron chi connectivity index (χ1n) is 12.4. The number of fused-ring (bicyclic) bond motifs is 1. The molecule has 1 saturated heterocycles. The Labute approximate surface area is 215 Å². The van der Waals surface area contributed by atoms with E-state index in [0.29, 0.717) is 36.6 Å². The molecule has 2 aliphatic heterocycles. The van der Waals surface area contributed by atoms with E-state index in [0.717, 1.165) is 28.9 Å².